The number of hydrogen-bond donors (Lipinski definition) is 1. The molecule has 0 spiro atoms. The number of hydrogen-bond acceptors (Lipinski definition) is 9. The molecule has 2 aromatic carbocycles. The number of carbonyl (C=O) groups excluding carboxylic acids is 2. The highest BCUT2D eigenvalue weighted by molar-refractivity contribution is 7.15. The summed E-state index contributed by atoms with van der Waals surface area (Å²) in [7, 11) is 2.71. The van der Waals surface area contributed by atoms with Crippen LogP contribution in [0.2, 0.25) is 0 Å². The van der Waals surface area contributed by atoms with Gasteiger partial charge in [0.25, 0.3) is 11.6 Å². The van der Waals surface area contributed by atoms with Gasteiger partial charge in [0.1, 0.15) is 10.6 Å². The largest absolute Gasteiger partial charge is 0.493 e. The number of nitrogens with zero attached hydrogens (tertiary/aromatic N) is 4. The number of anilines is 2. The van der Waals surface area contributed by atoms with Gasteiger partial charge >= 0.3 is 0 Å². The summed E-state index contributed by atoms with van der Waals surface area (Å²) in [5, 5.41) is 22.9. The second kappa shape index (κ2) is 9.20. The number of nitrogens with one attached hydrogen (secondary N) is 1. The molecule has 12 heteroatoms. The zero-order valence-corrected chi connectivity index (χ0v) is 18.5. The lowest BCUT2D eigenvalue weighted by molar-refractivity contribution is -0.385. The van der Waals surface area contributed by atoms with Gasteiger partial charge in [-0.2, -0.15) is 0 Å². The molecule has 4 rings (SSSR count). The minimum Gasteiger partial charge on any atom is -0.493 e. The van der Waals surface area contributed by atoms with Gasteiger partial charge in [0.2, 0.25) is 11.0 Å². The maximum absolute atomic E-state index is 12.8. The molecule has 0 saturated carbocycles. The highest BCUT2D eigenvalue weighted by Gasteiger charge is 2.34. The molecule has 11 nitrogen and oxygen atoms in total. The summed E-state index contributed by atoms with van der Waals surface area (Å²) in [5.74, 6) is -0.618. The summed E-state index contributed by atoms with van der Waals surface area (Å²) < 4.78 is 10.2. The summed E-state index contributed by atoms with van der Waals surface area (Å²) in [6, 6.07) is 11.7. The topological polar surface area (TPSA) is 137 Å². The highest BCUT2D eigenvalue weighted by atomic mass is 32.1. The van der Waals surface area contributed by atoms with E-state index in [9.17, 15) is 19.7 Å². The molecule has 1 unspecified atom stereocenters. The predicted octanol–water partition coefficient (Wildman–Crippen LogP) is 3.24. The molecule has 2 amide bonds. The maximum atomic E-state index is 12.8. The zero-order chi connectivity index (χ0) is 23.5. The van der Waals surface area contributed by atoms with E-state index in [-0.39, 0.29) is 40.4 Å². The number of methoxy groups -OCH3 is 2. The number of rotatable bonds is 7. The lowest BCUT2D eigenvalue weighted by Gasteiger charge is -2.15. The van der Waals surface area contributed by atoms with Crippen LogP contribution in [-0.4, -0.2) is 47.7 Å². The van der Waals surface area contributed by atoms with Gasteiger partial charge in [-0.3, -0.25) is 25.0 Å². The molecule has 1 fully saturated rings. The number of benzene rings is 2. The number of nitro benzene ring substituents is 1. The number of carbonyl (C=O) groups is 2. The Bertz CT molecular complexity index is 1220. The van der Waals surface area contributed by atoms with Crippen LogP contribution in [-0.2, 0) is 4.79 Å². The Balaban J connectivity index is 1.52. The van der Waals surface area contributed by atoms with Crippen LogP contribution in [0.25, 0.3) is 0 Å². The molecule has 3 aromatic rings. The Morgan fingerprint density at radius 1 is 1.18 bits per heavy atom. The first kappa shape index (κ1) is 22.1. The van der Waals surface area contributed by atoms with Gasteiger partial charge in [0.05, 0.1) is 25.2 Å². The van der Waals surface area contributed by atoms with Crippen molar-refractivity contribution < 1.29 is 24.0 Å². The van der Waals surface area contributed by atoms with Crippen molar-refractivity contribution in [3.63, 3.8) is 0 Å². The van der Waals surface area contributed by atoms with Gasteiger partial charge in [0, 0.05) is 30.6 Å². The predicted molar refractivity (Wildman–Crippen MR) is 120 cm³/mol. The summed E-state index contributed by atoms with van der Waals surface area (Å²) in [5.41, 5.74) is 0.166. The number of ether oxygens (including phenoxy) is 2. The number of para-hydroxylation sites is 1. The van der Waals surface area contributed by atoms with Crippen LogP contribution >= 0.6 is 11.3 Å². The molecular formula is C21H19N5O6S. The van der Waals surface area contributed by atoms with E-state index >= 15 is 0 Å². The van der Waals surface area contributed by atoms with Crippen molar-refractivity contribution in [2.45, 2.75) is 12.3 Å². The smallest absolute Gasteiger partial charge is 0.286 e. The standard InChI is InChI=1S/C21H19N5O6S/c1-31-16-9-14(15(26(29)30)10-17(16)32-2)19(28)22-21-24-23-20(33-21)12-8-18(27)25(11-12)13-6-4-3-5-7-13/h3-7,9-10,12H,8,11H2,1-2H3,(H,22,24,28). The van der Waals surface area contributed by atoms with Crippen molar-refractivity contribution in [1.29, 1.82) is 0 Å². The van der Waals surface area contributed by atoms with Crippen molar-refractivity contribution in [3.8, 4) is 11.5 Å². The number of amides is 2. The lowest BCUT2D eigenvalue weighted by Crippen LogP contribution is -2.24. The molecule has 170 valence electrons. The Kier molecular flexibility index (Phi) is 6.18. The van der Waals surface area contributed by atoms with Gasteiger partial charge in [0.15, 0.2) is 11.5 Å². The first-order valence-corrected chi connectivity index (χ1v) is 10.6. The number of aromatic nitrogens is 2. The van der Waals surface area contributed by atoms with E-state index in [1.807, 2.05) is 30.3 Å². The molecule has 1 aliphatic heterocycles. The van der Waals surface area contributed by atoms with Crippen molar-refractivity contribution in [3.05, 3.63) is 63.1 Å². The molecule has 1 atom stereocenters. The molecule has 2 heterocycles. The summed E-state index contributed by atoms with van der Waals surface area (Å²) >= 11 is 1.13. The fourth-order valence-corrected chi connectivity index (χ4v) is 4.38. The average Bonchev–Trinajstić information content (AvgIpc) is 3.45. The Hall–Kier alpha value is -4.06. The van der Waals surface area contributed by atoms with Crippen molar-refractivity contribution in [2.75, 3.05) is 31.0 Å². The van der Waals surface area contributed by atoms with Crippen LogP contribution in [0, 0.1) is 10.1 Å². The Morgan fingerprint density at radius 3 is 2.55 bits per heavy atom. The highest BCUT2D eigenvalue weighted by Crippen LogP contribution is 2.36. The zero-order valence-electron chi connectivity index (χ0n) is 17.7. The molecule has 1 saturated heterocycles. The summed E-state index contributed by atoms with van der Waals surface area (Å²) in [6.07, 6.45) is 0.276. The lowest BCUT2D eigenvalue weighted by atomic mass is 10.1. The van der Waals surface area contributed by atoms with E-state index in [0.717, 1.165) is 23.1 Å². The first-order chi connectivity index (χ1) is 15.9. The van der Waals surface area contributed by atoms with Crippen LogP contribution in [0.15, 0.2) is 42.5 Å². The second-order valence-corrected chi connectivity index (χ2v) is 8.13. The first-order valence-electron chi connectivity index (χ1n) is 9.81. The molecule has 0 aliphatic carbocycles. The molecule has 0 bridgehead atoms. The Morgan fingerprint density at radius 2 is 1.88 bits per heavy atom. The fraction of sp³-hybridized carbons (Fsp3) is 0.238. The normalized spacial score (nSPS) is 15.4. The molecule has 0 radical (unpaired) electrons. The third kappa shape index (κ3) is 4.46. The molecule has 1 aromatic heterocycles. The van der Waals surface area contributed by atoms with Gasteiger partial charge in [-0.15, -0.1) is 10.2 Å². The van der Waals surface area contributed by atoms with Gasteiger partial charge < -0.3 is 14.4 Å². The van der Waals surface area contributed by atoms with Crippen LogP contribution < -0.4 is 19.7 Å². The van der Waals surface area contributed by atoms with Crippen LogP contribution in [0.4, 0.5) is 16.5 Å². The van der Waals surface area contributed by atoms with Crippen LogP contribution in [0.1, 0.15) is 27.7 Å². The van der Waals surface area contributed by atoms with E-state index in [4.69, 9.17) is 9.47 Å². The minimum atomic E-state index is -0.737. The Labute approximate surface area is 192 Å². The fourth-order valence-electron chi connectivity index (χ4n) is 3.55. The van der Waals surface area contributed by atoms with Crippen LogP contribution in [0.5, 0.6) is 11.5 Å². The third-order valence-electron chi connectivity index (χ3n) is 5.15. The van der Waals surface area contributed by atoms with E-state index in [0.29, 0.717) is 11.6 Å². The van der Waals surface area contributed by atoms with Gasteiger partial charge in [-0.1, -0.05) is 29.5 Å². The van der Waals surface area contributed by atoms with Crippen molar-refractivity contribution in [2.24, 2.45) is 0 Å². The van der Waals surface area contributed by atoms with Gasteiger partial charge in [-0.25, -0.2) is 0 Å². The average molecular weight is 469 g/mol. The van der Waals surface area contributed by atoms with E-state index in [1.54, 1.807) is 4.90 Å². The molecular weight excluding hydrogens is 450 g/mol. The minimum absolute atomic E-state index is 0.0204. The van der Waals surface area contributed by atoms with Crippen molar-refractivity contribution in [1.82, 2.24) is 10.2 Å². The van der Waals surface area contributed by atoms with E-state index < -0.39 is 16.5 Å². The van der Waals surface area contributed by atoms with Gasteiger partial charge in [-0.05, 0) is 12.1 Å². The summed E-state index contributed by atoms with van der Waals surface area (Å²) in [6.45, 7) is 0.451. The monoisotopic (exact) mass is 469 g/mol. The quantitative estimate of drug-likeness (QED) is 0.411. The molecule has 1 N–H and O–H groups in total. The van der Waals surface area contributed by atoms with E-state index in [2.05, 4.69) is 15.5 Å². The maximum Gasteiger partial charge on any atom is 0.286 e. The molecule has 1 aliphatic rings. The second-order valence-electron chi connectivity index (χ2n) is 7.12. The number of nitro groups is 1. The molecule has 33 heavy (non-hydrogen) atoms. The van der Waals surface area contributed by atoms with Crippen molar-refractivity contribution >= 4 is 39.7 Å². The van der Waals surface area contributed by atoms with E-state index in [1.165, 1.54) is 20.3 Å². The SMILES string of the molecule is COc1cc(C(=O)Nc2nnc(C3CC(=O)N(c4ccccc4)C3)s2)c([N+](=O)[O-])cc1OC. The third-order valence-corrected chi connectivity index (χ3v) is 6.15. The summed E-state index contributed by atoms with van der Waals surface area (Å²) in [4.78, 5) is 37.7. The van der Waals surface area contributed by atoms with Crippen LogP contribution in [0.3, 0.4) is 0 Å².